The summed E-state index contributed by atoms with van der Waals surface area (Å²) >= 11 is 0. The number of phenols is 1. The van der Waals surface area contributed by atoms with Crippen molar-refractivity contribution in [3.8, 4) is 5.75 Å². The highest BCUT2D eigenvalue weighted by molar-refractivity contribution is 6.34. The molecule has 0 aromatic heterocycles. The Labute approximate surface area is 192 Å². The molecule has 0 spiro atoms. The highest BCUT2D eigenvalue weighted by atomic mass is 17.2. The van der Waals surface area contributed by atoms with E-state index >= 15 is 0 Å². The molecule has 1 aliphatic rings. The van der Waals surface area contributed by atoms with Crippen LogP contribution in [0.2, 0.25) is 0 Å². The molecule has 5 nitrogen and oxygen atoms in total. The smallest absolute Gasteiger partial charge is 0.196 e. The molecule has 1 aliphatic heterocycles. The van der Waals surface area contributed by atoms with Gasteiger partial charge in [0, 0.05) is 27.8 Å². The van der Waals surface area contributed by atoms with Gasteiger partial charge in [0.25, 0.3) is 0 Å². The van der Waals surface area contributed by atoms with Gasteiger partial charge in [-0.2, -0.15) is 0 Å². The van der Waals surface area contributed by atoms with Crippen LogP contribution in [0, 0.1) is 5.92 Å². The molecular weight excluding hydrogens is 414 g/mol. The Bertz CT molecular complexity index is 1490. The number of fused-ring (bicyclic) bond motifs is 2. The summed E-state index contributed by atoms with van der Waals surface area (Å²) in [6, 6.07) is 20.6. The van der Waals surface area contributed by atoms with E-state index in [0.29, 0.717) is 5.75 Å². The summed E-state index contributed by atoms with van der Waals surface area (Å²) in [7, 11) is 0. The SMILES string of the molecule is CC(C)C1OOC(C)(C)C(Nc2ccc3c4cccc5c(O)ccc(c6cccc2c63)c54)O1. The molecule has 6 rings (SSSR count). The van der Waals surface area contributed by atoms with Gasteiger partial charge in [0.15, 0.2) is 12.5 Å². The minimum absolute atomic E-state index is 0.162. The van der Waals surface area contributed by atoms with Gasteiger partial charge in [0.1, 0.15) is 11.4 Å². The molecule has 5 heteroatoms. The van der Waals surface area contributed by atoms with Crippen molar-refractivity contribution in [1.82, 2.24) is 0 Å². The average molecular weight is 442 g/mol. The van der Waals surface area contributed by atoms with E-state index in [9.17, 15) is 5.11 Å². The third kappa shape index (κ3) is 3.04. The van der Waals surface area contributed by atoms with Gasteiger partial charge >= 0.3 is 0 Å². The van der Waals surface area contributed by atoms with E-state index in [1.165, 1.54) is 16.2 Å². The second-order valence-corrected chi connectivity index (χ2v) is 9.81. The largest absolute Gasteiger partial charge is 0.507 e. The first-order valence-electron chi connectivity index (χ1n) is 11.4. The van der Waals surface area contributed by atoms with Crippen molar-refractivity contribution < 1.29 is 19.6 Å². The van der Waals surface area contributed by atoms with E-state index in [2.05, 4.69) is 41.7 Å². The van der Waals surface area contributed by atoms with E-state index in [4.69, 9.17) is 14.5 Å². The zero-order chi connectivity index (χ0) is 22.9. The number of anilines is 1. The highest BCUT2D eigenvalue weighted by Gasteiger charge is 2.41. The molecule has 168 valence electrons. The number of rotatable bonds is 3. The molecule has 2 atom stereocenters. The van der Waals surface area contributed by atoms with Crippen molar-refractivity contribution in [3.63, 3.8) is 0 Å². The molecule has 0 bridgehead atoms. The van der Waals surface area contributed by atoms with Crippen molar-refractivity contribution in [1.29, 1.82) is 0 Å². The number of ether oxygens (including phenoxy) is 1. The average Bonchev–Trinajstić information content (AvgIpc) is 2.80. The van der Waals surface area contributed by atoms with Crippen molar-refractivity contribution in [2.75, 3.05) is 5.32 Å². The van der Waals surface area contributed by atoms with Crippen molar-refractivity contribution in [2.45, 2.75) is 45.8 Å². The fraction of sp³-hybridized carbons (Fsp3) is 0.286. The summed E-state index contributed by atoms with van der Waals surface area (Å²) in [6.45, 7) is 7.99. The summed E-state index contributed by atoms with van der Waals surface area (Å²) < 4.78 is 6.25. The van der Waals surface area contributed by atoms with Crippen LogP contribution in [0.4, 0.5) is 5.69 Å². The van der Waals surface area contributed by atoms with Gasteiger partial charge in [-0.3, -0.25) is 0 Å². The number of hydrogen-bond acceptors (Lipinski definition) is 5. The third-order valence-corrected chi connectivity index (χ3v) is 6.73. The maximum Gasteiger partial charge on any atom is 0.196 e. The Balaban J connectivity index is 1.57. The molecule has 1 heterocycles. The van der Waals surface area contributed by atoms with Crippen LogP contribution in [0.15, 0.2) is 60.7 Å². The van der Waals surface area contributed by atoms with Crippen LogP contribution in [-0.2, 0) is 14.5 Å². The third-order valence-electron chi connectivity index (χ3n) is 6.73. The molecule has 1 saturated heterocycles. The minimum Gasteiger partial charge on any atom is -0.507 e. The molecule has 2 unspecified atom stereocenters. The molecule has 33 heavy (non-hydrogen) atoms. The molecule has 1 fully saturated rings. The monoisotopic (exact) mass is 441 g/mol. The first-order valence-corrected chi connectivity index (χ1v) is 11.4. The maximum atomic E-state index is 10.5. The van der Waals surface area contributed by atoms with Gasteiger partial charge in [-0.1, -0.05) is 62.4 Å². The van der Waals surface area contributed by atoms with Crippen molar-refractivity contribution in [3.05, 3.63) is 60.7 Å². The second kappa shape index (κ2) is 7.19. The lowest BCUT2D eigenvalue weighted by molar-refractivity contribution is -0.485. The molecule has 0 radical (unpaired) electrons. The topological polar surface area (TPSA) is 60.0 Å². The lowest BCUT2D eigenvalue weighted by Crippen LogP contribution is -2.54. The van der Waals surface area contributed by atoms with Crippen LogP contribution in [0.25, 0.3) is 43.1 Å². The first-order chi connectivity index (χ1) is 15.8. The van der Waals surface area contributed by atoms with E-state index in [1.807, 2.05) is 45.9 Å². The standard InChI is InChI=1S/C28H27NO4/c1-15(2)26-31-27(28(3,4)33-32-26)29-22-13-11-18-17-8-6-10-21-23(30)14-12-19(25(17)21)16-7-5-9-20(22)24(16)18/h5-15,26-27,29-30H,1-4H3. The van der Waals surface area contributed by atoms with Crippen LogP contribution >= 0.6 is 0 Å². The molecule has 0 aliphatic carbocycles. The predicted octanol–water partition coefficient (Wildman–Crippen LogP) is 6.92. The summed E-state index contributed by atoms with van der Waals surface area (Å²) in [5.74, 6) is 0.471. The van der Waals surface area contributed by atoms with E-state index in [-0.39, 0.29) is 12.1 Å². The second-order valence-electron chi connectivity index (χ2n) is 9.81. The van der Waals surface area contributed by atoms with Crippen molar-refractivity contribution in [2.24, 2.45) is 5.92 Å². The summed E-state index contributed by atoms with van der Waals surface area (Å²) in [4.78, 5) is 11.2. The zero-order valence-electron chi connectivity index (χ0n) is 19.2. The predicted molar refractivity (Wildman–Crippen MR) is 133 cm³/mol. The number of hydrogen-bond donors (Lipinski definition) is 2. The van der Waals surface area contributed by atoms with Crippen molar-refractivity contribution >= 4 is 48.8 Å². The Morgan fingerprint density at radius 1 is 0.788 bits per heavy atom. The first kappa shape index (κ1) is 20.5. The quantitative estimate of drug-likeness (QED) is 0.181. The molecule has 5 aromatic carbocycles. The molecule has 5 aromatic rings. The Morgan fingerprint density at radius 2 is 1.36 bits per heavy atom. The van der Waals surface area contributed by atoms with Crippen LogP contribution in [0.1, 0.15) is 27.7 Å². The van der Waals surface area contributed by atoms with Gasteiger partial charge in [0.05, 0.1) is 0 Å². The van der Waals surface area contributed by atoms with E-state index < -0.39 is 11.9 Å². The van der Waals surface area contributed by atoms with E-state index in [0.717, 1.165) is 32.6 Å². The molecular formula is C28H27NO4. The number of aromatic hydroxyl groups is 1. The van der Waals surface area contributed by atoms with Gasteiger partial charge in [0.2, 0.25) is 0 Å². The fourth-order valence-electron chi connectivity index (χ4n) is 4.97. The van der Waals surface area contributed by atoms with Crippen LogP contribution < -0.4 is 5.32 Å². The summed E-state index contributed by atoms with van der Waals surface area (Å²) in [5, 5.41) is 23.0. The Morgan fingerprint density at radius 3 is 2.06 bits per heavy atom. The highest BCUT2D eigenvalue weighted by Crippen LogP contribution is 2.44. The summed E-state index contributed by atoms with van der Waals surface area (Å²) in [6.07, 6.45) is -0.820. The Hall–Kier alpha value is -3.12. The van der Waals surface area contributed by atoms with Gasteiger partial charge in [-0.05, 0) is 52.9 Å². The van der Waals surface area contributed by atoms with Gasteiger partial charge < -0.3 is 15.2 Å². The lowest BCUT2D eigenvalue weighted by Gasteiger charge is -2.42. The lowest BCUT2D eigenvalue weighted by atomic mass is 9.89. The van der Waals surface area contributed by atoms with Crippen LogP contribution in [0.5, 0.6) is 5.75 Å². The van der Waals surface area contributed by atoms with Crippen LogP contribution in [0.3, 0.4) is 0 Å². The van der Waals surface area contributed by atoms with Crippen LogP contribution in [-0.4, -0.2) is 23.2 Å². The minimum atomic E-state index is -0.666. The molecule has 2 N–H and O–H groups in total. The zero-order valence-corrected chi connectivity index (χ0v) is 19.2. The normalized spacial score (nSPS) is 21.0. The Kier molecular flexibility index (Phi) is 4.46. The van der Waals surface area contributed by atoms with E-state index in [1.54, 1.807) is 6.07 Å². The fourth-order valence-corrected chi connectivity index (χ4v) is 4.97. The van der Waals surface area contributed by atoms with Gasteiger partial charge in [-0.25, -0.2) is 9.78 Å². The maximum absolute atomic E-state index is 10.5. The molecule has 0 saturated carbocycles. The summed E-state index contributed by atoms with van der Waals surface area (Å²) in [5.41, 5.74) is 0.317. The number of nitrogens with one attached hydrogen (secondary N) is 1. The van der Waals surface area contributed by atoms with Gasteiger partial charge in [-0.15, -0.1) is 0 Å². The number of benzene rings is 5. The molecule has 0 amide bonds. The number of phenolic OH excluding ortho intramolecular Hbond substituents is 1.